The van der Waals surface area contributed by atoms with E-state index in [0.29, 0.717) is 16.1 Å². The standard InChI is InChI=1S/C20H13ClN4OS/c1-10-2-3-17(27-10)19-13(8-14-16(26)4-5-22-20(14)24-19)11-6-12-9-23-25-18(12)15(21)7-11/h2-9H,1H3,(H,23,25)(H,22,24,26). The molecule has 0 fully saturated rings. The number of aromatic nitrogens is 4. The quantitative estimate of drug-likeness (QED) is 0.436. The molecular weight excluding hydrogens is 380 g/mol. The summed E-state index contributed by atoms with van der Waals surface area (Å²) in [5.41, 5.74) is 3.88. The number of pyridine rings is 2. The van der Waals surface area contributed by atoms with Crippen LogP contribution in [0.1, 0.15) is 4.88 Å². The van der Waals surface area contributed by atoms with Gasteiger partial charge >= 0.3 is 0 Å². The van der Waals surface area contributed by atoms with E-state index in [0.717, 1.165) is 32.6 Å². The predicted molar refractivity (Wildman–Crippen MR) is 111 cm³/mol. The highest BCUT2D eigenvalue weighted by atomic mass is 35.5. The normalized spacial score (nSPS) is 11.5. The molecule has 0 saturated heterocycles. The van der Waals surface area contributed by atoms with Crippen molar-refractivity contribution in [1.82, 2.24) is 20.2 Å². The lowest BCUT2D eigenvalue weighted by Gasteiger charge is -2.10. The Morgan fingerprint density at radius 1 is 1.15 bits per heavy atom. The van der Waals surface area contributed by atoms with Crippen LogP contribution in [0.4, 0.5) is 0 Å². The molecule has 0 aliphatic carbocycles. The molecule has 1 aromatic carbocycles. The molecule has 4 aromatic heterocycles. The fourth-order valence-electron chi connectivity index (χ4n) is 3.24. The van der Waals surface area contributed by atoms with E-state index >= 15 is 0 Å². The Kier molecular flexibility index (Phi) is 3.63. The Morgan fingerprint density at radius 2 is 2.04 bits per heavy atom. The largest absolute Gasteiger partial charge is 0.346 e. The van der Waals surface area contributed by atoms with Crippen LogP contribution in [0.15, 0.2) is 53.6 Å². The number of hydrogen-bond donors (Lipinski definition) is 2. The van der Waals surface area contributed by atoms with Gasteiger partial charge in [-0.25, -0.2) is 4.98 Å². The maximum absolute atomic E-state index is 12.4. The Labute approximate surface area is 162 Å². The monoisotopic (exact) mass is 392 g/mol. The van der Waals surface area contributed by atoms with Gasteiger partial charge < -0.3 is 4.98 Å². The van der Waals surface area contributed by atoms with E-state index in [1.165, 1.54) is 10.9 Å². The molecule has 132 valence electrons. The third kappa shape index (κ3) is 2.65. The SMILES string of the molecule is Cc1ccc(-c2nc3[nH]ccc(=O)c3cc2-c2cc(Cl)c3[nH]ncc3c2)s1. The Hall–Kier alpha value is -2.96. The molecule has 0 saturated carbocycles. The predicted octanol–water partition coefficient (Wildman–Crippen LogP) is 5.16. The fraction of sp³-hybridized carbons (Fsp3) is 0.0500. The first-order valence-corrected chi connectivity index (χ1v) is 9.52. The molecule has 2 N–H and O–H groups in total. The van der Waals surface area contributed by atoms with Crippen LogP contribution in [0.2, 0.25) is 5.02 Å². The number of aryl methyl sites for hydroxylation is 1. The van der Waals surface area contributed by atoms with Gasteiger partial charge in [0.1, 0.15) is 5.65 Å². The Balaban J connectivity index is 1.88. The van der Waals surface area contributed by atoms with E-state index in [-0.39, 0.29) is 5.43 Å². The molecular formula is C20H13ClN4OS. The molecule has 0 atom stereocenters. The molecule has 0 radical (unpaired) electrons. The van der Waals surface area contributed by atoms with Crippen molar-refractivity contribution >= 4 is 44.9 Å². The summed E-state index contributed by atoms with van der Waals surface area (Å²) in [5.74, 6) is 0. The number of fused-ring (bicyclic) bond motifs is 2. The minimum atomic E-state index is -0.0677. The first-order chi connectivity index (χ1) is 13.1. The number of thiophene rings is 1. The maximum atomic E-state index is 12.4. The van der Waals surface area contributed by atoms with Crippen LogP contribution >= 0.6 is 22.9 Å². The van der Waals surface area contributed by atoms with Gasteiger partial charge in [0, 0.05) is 28.1 Å². The van der Waals surface area contributed by atoms with Crippen LogP contribution in [0.3, 0.4) is 0 Å². The Bertz CT molecular complexity index is 1380. The highest BCUT2D eigenvalue weighted by molar-refractivity contribution is 7.15. The molecule has 0 unspecified atom stereocenters. The van der Waals surface area contributed by atoms with Gasteiger partial charge in [-0.3, -0.25) is 9.89 Å². The second kappa shape index (κ2) is 6.04. The highest BCUT2D eigenvalue weighted by Crippen LogP contribution is 2.38. The van der Waals surface area contributed by atoms with Crippen molar-refractivity contribution in [2.24, 2.45) is 0 Å². The summed E-state index contributed by atoms with van der Waals surface area (Å²) >= 11 is 8.11. The van der Waals surface area contributed by atoms with Crippen LogP contribution in [-0.4, -0.2) is 20.2 Å². The minimum Gasteiger partial charge on any atom is -0.346 e. The smallest absolute Gasteiger partial charge is 0.191 e. The maximum Gasteiger partial charge on any atom is 0.191 e. The summed E-state index contributed by atoms with van der Waals surface area (Å²) in [4.78, 5) is 22.4. The summed E-state index contributed by atoms with van der Waals surface area (Å²) in [6, 6.07) is 11.4. The van der Waals surface area contributed by atoms with Gasteiger partial charge in [0.05, 0.1) is 32.7 Å². The van der Waals surface area contributed by atoms with Crippen molar-refractivity contribution in [2.45, 2.75) is 6.92 Å². The molecule has 5 aromatic rings. The van der Waals surface area contributed by atoms with Crippen molar-refractivity contribution in [3.05, 3.63) is 68.9 Å². The Morgan fingerprint density at radius 3 is 2.85 bits per heavy atom. The number of benzene rings is 1. The first kappa shape index (κ1) is 16.2. The molecule has 0 aliphatic heterocycles. The number of nitrogens with one attached hydrogen (secondary N) is 2. The second-order valence-electron chi connectivity index (χ2n) is 6.33. The topological polar surface area (TPSA) is 74.4 Å². The van der Waals surface area contributed by atoms with Crippen LogP contribution in [0.5, 0.6) is 0 Å². The molecule has 0 bridgehead atoms. The van der Waals surface area contributed by atoms with Crippen molar-refractivity contribution in [1.29, 1.82) is 0 Å². The zero-order valence-corrected chi connectivity index (χ0v) is 15.8. The van der Waals surface area contributed by atoms with Crippen LogP contribution in [0, 0.1) is 6.92 Å². The van der Waals surface area contributed by atoms with E-state index in [2.05, 4.69) is 34.2 Å². The summed E-state index contributed by atoms with van der Waals surface area (Å²) in [6.45, 7) is 2.06. The number of H-pyrrole nitrogens is 2. The minimum absolute atomic E-state index is 0.0677. The molecule has 4 heterocycles. The second-order valence-corrected chi connectivity index (χ2v) is 8.02. The van der Waals surface area contributed by atoms with Crippen molar-refractivity contribution in [3.63, 3.8) is 0 Å². The molecule has 27 heavy (non-hydrogen) atoms. The lowest BCUT2D eigenvalue weighted by Crippen LogP contribution is -2.03. The van der Waals surface area contributed by atoms with Crippen molar-refractivity contribution in [3.8, 4) is 21.7 Å². The third-order valence-electron chi connectivity index (χ3n) is 4.53. The molecule has 0 spiro atoms. The first-order valence-electron chi connectivity index (χ1n) is 8.32. The van der Waals surface area contributed by atoms with Crippen molar-refractivity contribution < 1.29 is 0 Å². The van der Waals surface area contributed by atoms with Gasteiger partial charge in [-0.2, -0.15) is 5.10 Å². The van der Waals surface area contributed by atoms with E-state index in [9.17, 15) is 4.79 Å². The lowest BCUT2D eigenvalue weighted by atomic mass is 10.00. The van der Waals surface area contributed by atoms with Gasteiger partial charge in [-0.1, -0.05) is 11.6 Å². The van der Waals surface area contributed by atoms with Crippen molar-refractivity contribution in [2.75, 3.05) is 0 Å². The zero-order chi connectivity index (χ0) is 18.5. The number of aromatic amines is 2. The van der Waals surface area contributed by atoms with Crippen LogP contribution in [-0.2, 0) is 0 Å². The summed E-state index contributed by atoms with van der Waals surface area (Å²) in [6.07, 6.45) is 3.36. The third-order valence-corrected chi connectivity index (χ3v) is 5.83. The van der Waals surface area contributed by atoms with Crippen LogP contribution < -0.4 is 5.43 Å². The molecule has 5 nitrogen and oxygen atoms in total. The average molecular weight is 393 g/mol. The van der Waals surface area contributed by atoms with Gasteiger partial charge in [0.15, 0.2) is 5.43 Å². The number of nitrogens with zero attached hydrogens (tertiary/aromatic N) is 2. The number of hydrogen-bond acceptors (Lipinski definition) is 4. The molecule has 5 rings (SSSR count). The number of rotatable bonds is 2. The molecule has 7 heteroatoms. The van der Waals surface area contributed by atoms with Gasteiger partial charge in [0.25, 0.3) is 0 Å². The fourth-order valence-corrected chi connectivity index (χ4v) is 4.38. The lowest BCUT2D eigenvalue weighted by molar-refractivity contribution is 1.12. The molecule has 0 amide bonds. The van der Waals surface area contributed by atoms with E-state index in [4.69, 9.17) is 16.6 Å². The van der Waals surface area contributed by atoms with Gasteiger partial charge in [-0.15, -0.1) is 11.3 Å². The highest BCUT2D eigenvalue weighted by Gasteiger charge is 2.16. The van der Waals surface area contributed by atoms with Gasteiger partial charge in [-0.05, 0) is 42.8 Å². The zero-order valence-electron chi connectivity index (χ0n) is 14.2. The summed E-state index contributed by atoms with van der Waals surface area (Å²) in [7, 11) is 0. The van der Waals surface area contributed by atoms with E-state index in [1.807, 2.05) is 18.2 Å². The van der Waals surface area contributed by atoms with Gasteiger partial charge in [0.2, 0.25) is 0 Å². The van der Waals surface area contributed by atoms with E-state index in [1.54, 1.807) is 23.7 Å². The summed E-state index contributed by atoms with van der Waals surface area (Å²) < 4.78 is 0. The average Bonchev–Trinajstić information content (AvgIpc) is 3.30. The van der Waals surface area contributed by atoms with Crippen LogP contribution in [0.25, 0.3) is 43.6 Å². The van der Waals surface area contributed by atoms with E-state index < -0.39 is 0 Å². The summed E-state index contributed by atoms with van der Waals surface area (Å²) in [5, 5.41) is 9.01. The molecule has 0 aliphatic rings. The number of halogens is 1.